The van der Waals surface area contributed by atoms with E-state index in [1.807, 2.05) is 24.3 Å². The Morgan fingerprint density at radius 3 is 2.16 bits per heavy atom. The van der Waals surface area contributed by atoms with Crippen molar-refractivity contribution in [3.63, 3.8) is 0 Å². The lowest BCUT2D eigenvalue weighted by Gasteiger charge is -2.12. The number of halogens is 1. The summed E-state index contributed by atoms with van der Waals surface area (Å²) in [6.45, 7) is 3.80. The standard InChI is InChI=1S/C19H21FN2O2S/c1-3-14-4-8-16(9-5-14)21-18(23)12-25-13(2)19(24)22-17-10-6-15(20)7-11-17/h4-11,13H,3,12H2,1-2H3,(H,21,23)(H,22,24). The van der Waals surface area contributed by atoms with Crippen LogP contribution in [-0.4, -0.2) is 22.8 Å². The summed E-state index contributed by atoms with van der Waals surface area (Å²) in [5.41, 5.74) is 2.48. The molecule has 0 fully saturated rings. The predicted octanol–water partition coefficient (Wildman–Crippen LogP) is 4.09. The van der Waals surface area contributed by atoms with Crippen LogP contribution in [0, 0.1) is 5.82 Å². The molecule has 0 radical (unpaired) electrons. The van der Waals surface area contributed by atoms with Crippen LogP contribution in [0.15, 0.2) is 48.5 Å². The predicted molar refractivity (Wildman–Crippen MR) is 101 cm³/mol. The molecular formula is C19H21FN2O2S. The molecule has 0 aliphatic carbocycles. The second-order valence-electron chi connectivity index (χ2n) is 5.55. The highest BCUT2D eigenvalue weighted by Crippen LogP contribution is 2.16. The third-order valence-corrected chi connectivity index (χ3v) is 4.73. The zero-order valence-electron chi connectivity index (χ0n) is 14.2. The maximum Gasteiger partial charge on any atom is 0.237 e. The fourth-order valence-electron chi connectivity index (χ4n) is 2.07. The van der Waals surface area contributed by atoms with Crippen molar-refractivity contribution in [2.45, 2.75) is 25.5 Å². The van der Waals surface area contributed by atoms with Crippen molar-refractivity contribution in [3.05, 3.63) is 59.9 Å². The van der Waals surface area contributed by atoms with E-state index in [9.17, 15) is 14.0 Å². The fraction of sp³-hybridized carbons (Fsp3) is 0.263. The molecule has 2 aromatic rings. The quantitative estimate of drug-likeness (QED) is 0.782. The molecule has 2 N–H and O–H groups in total. The molecule has 2 rings (SSSR count). The maximum atomic E-state index is 12.9. The molecule has 25 heavy (non-hydrogen) atoms. The Balaban J connectivity index is 1.77. The van der Waals surface area contributed by atoms with Gasteiger partial charge in [-0.05, 0) is 55.3 Å². The molecule has 1 atom stereocenters. The van der Waals surface area contributed by atoms with Crippen LogP contribution in [0.1, 0.15) is 19.4 Å². The topological polar surface area (TPSA) is 58.2 Å². The van der Waals surface area contributed by atoms with Gasteiger partial charge in [0.25, 0.3) is 0 Å². The minimum absolute atomic E-state index is 0.157. The van der Waals surface area contributed by atoms with Crippen LogP contribution >= 0.6 is 11.8 Å². The van der Waals surface area contributed by atoms with E-state index in [2.05, 4.69) is 17.6 Å². The van der Waals surface area contributed by atoms with Crippen molar-refractivity contribution >= 4 is 35.0 Å². The summed E-state index contributed by atoms with van der Waals surface area (Å²) in [7, 11) is 0. The summed E-state index contributed by atoms with van der Waals surface area (Å²) in [5, 5.41) is 5.10. The molecule has 0 heterocycles. The monoisotopic (exact) mass is 360 g/mol. The molecule has 0 saturated carbocycles. The van der Waals surface area contributed by atoms with Gasteiger partial charge < -0.3 is 10.6 Å². The number of rotatable bonds is 7. The largest absolute Gasteiger partial charge is 0.325 e. The molecule has 0 saturated heterocycles. The van der Waals surface area contributed by atoms with Gasteiger partial charge in [-0.15, -0.1) is 11.8 Å². The number of nitrogens with one attached hydrogen (secondary N) is 2. The van der Waals surface area contributed by atoms with Gasteiger partial charge in [-0.25, -0.2) is 4.39 Å². The summed E-state index contributed by atoms with van der Waals surface area (Å²) < 4.78 is 12.9. The number of aryl methyl sites for hydroxylation is 1. The average molecular weight is 360 g/mol. The van der Waals surface area contributed by atoms with Crippen LogP contribution in [0.4, 0.5) is 15.8 Å². The number of hydrogen-bond donors (Lipinski definition) is 2. The SMILES string of the molecule is CCc1ccc(NC(=O)CSC(C)C(=O)Nc2ccc(F)cc2)cc1. The van der Waals surface area contributed by atoms with Crippen LogP contribution in [0.3, 0.4) is 0 Å². The number of thioether (sulfide) groups is 1. The Hall–Kier alpha value is -2.34. The third-order valence-electron chi connectivity index (χ3n) is 3.59. The summed E-state index contributed by atoms with van der Waals surface area (Å²) >= 11 is 1.24. The van der Waals surface area contributed by atoms with Gasteiger partial charge in [0.05, 0.1) is 11.0 Å². The summed E-state index contributed by atoms with van der Waals surface area (Å²) in [6.07, 6.45) is 0.949. The van der Waals surface area contributed by atoms with Gasteiger partial charge in [0.15, 0.2) is 0 Å². The first kappa shape index (κ1) is 19.0. The van der Waals surface area contributed by atoms with Crippen molar-refractivity contribution in [3.8, 4) is 0 Å². The Bertz CT molecular complexity index is 717. The zero-order chi connectivity index (χ0) is 18.2. The van der Waals surface area contributed by atoms with Gasteiger partial charge in [0.1, 0.15) is 5.82 Å². The van der Waals surface area contributed by atoms with Gasteiger partial charge in [-0.2, -0.15) is 0 Å². The van der Waals surface area contributed by atoms with E-state index in [4.69, 9.17) is 0 Å². The molecule has 6 heteroatoms. The molecule has 1 unspecified atom stereocenters. The lowest BCUT2D eigenvalue weighted by atomic mass is 10.1. The first-order valence-electron chi connectivity index (χ1n) is 8.04. The van der Waals surface area contributed by atoms with E-state index < -0.39 is 5.25 Å². The molecule has 0 spiro atoms. The lowest BCUT2D eigenvalue weighted by Crippen LogP contribution is -2.25. The minimum atomic E-state index is -0.404. The van der Waals surface area contributed by atoms with Gasteiger partial charge in [0.2, 0.25) is 11.8 Å². The van der Waals surface area contributed by atoms with Crippen molar-refractivity contribution in [2.24, 2.45) is 0 Å². The highest BCUT2D eigenvalue weighted by molar-refractivity contribution is 8.01. The lowest BCUT2D eigenvalue weighted by molar-refractivity contribution is -0.115. The number of carbonyl (C=O) groups is 2. The molecule has 0 aromatic heterocycles. The number of hydrogen-bond acceptors (Lipinski definition) is 3. The summed E-state index contributed by atoms with van der Waals surface area (Å²) in [4.78, 5) is 24.1. The minimum Gasteiger partial charge on any atom is -0.325 e. The van der Waals surface area contributed by atoms with E-state index in [-0.39, 0.29) is 23.4 Å². The van der Waals surface area contributed by atoms with Crippen molar-refractivity contribution < 1.29 is 14.0 Å². The smallest absolute Gasteiger partial charge is 0.237 e. The van der Waals surface area contributed by atoms with Gasteiger partial charge in [-0.3, -0.25) is 9.59 Å². The number of carbonyl (C=O) groups excluding carboxylic acids is 2. The van der Waals surface area contributed by atoms with Crippen LogP contribution in [0.5, 0.6) is 0 Å². The Kier molecular flexibility index (Phi) is 7.01. The molecule has 2 aromatic carbocycles. The highest BCUT2D eigenvalue weighted by atomic mass is 32.2. The molecular weight excluding hydrogens is 339 g/mol. The highest BCUT2D eigenvalue weighted by Gasteiger charge is 2.15. The van der Waals surface area contributed by atoms with E-state index >= 15 is 0 Å². The third kappa shape index (κ3) is 6.23. The normalized spacial score (nSPS) is 11.6. The molecule has 132 valence electrons. The van der Waals surface area contributed by atoms with Gasteiger partial charge >= 0.3 is 0 Å². The number of amides is 2. The first-order valence-corrected chi connectivity index (χ1v) is 9.09. The van der Waals surface area contributed by atoms with Crippen molar-refractivity contribution in [1.82, 2.24) is 0 Å². The van der Waals surface area contributed by atoms with Crippen LogP contribution in [0.2, 0.25) is 0 Å². The van der Waals surface area contributed by atoms with Crippen molar-refractivity contribution in [1.29, 1.82) is 0 Å². The van der Waals surface area contributed by atoms with Gasteiger partial charge in [0, 0.05) is 11.4 Å². The molecule has 2 amide bonds. The maximum absolute atomic E-state index is 12.9. The second kappa shape index (κ2) is 9.22. The summed E-state index contributed by atoms with van der Waals surface area (Å²) in [5.74, 6) is -0.565. The Morgan fingerprint density at radius 2 is 1.56 bits per heavy atom. The Labute approximate surface area is 151 Å². The average Bonchev–Trinajstić information content (AvgIpc) is 2.62. The zero-order valence-corrected chi connectivity index (χ0v) is 15.0. The van der Waals surface area contributed by atoms with E-state index in [0.29, 0.717) is 5.69 Å². The van der Waals surface area contributed by atoms with Crippen LogP contribution in [-0.2, 0) is 16.0 Å². The second-order valence-corrected chi connectivity index (χ2v) is 6.88. The van der Waals surface area contributed by atoms with E-state index in [1.54, 1.807) is 6.92 Å². The molecule has 4 nitrogen and oxygen atoms in total. The Morgan fingerprint density at radius 1 is 1.00 bits per heavy atom. The molecule has 0 bridgehead atoms. The van der Waals surface area contributed by atoms with Crippen LogP contribution < -0.4 is 10.6 Å². The van der Waals surface area contributed by atoms with E-state index in [1.165, 1.54) is 41.6 Å². The first-order chi connectivity index (χ1) is 12.0. The van der Waals surface area contributed by atoms with Gasteiger partial charge in [-0.1, -0.05) is 19.1 Å². The molecule has 0 aliphatic rings. The molecule has 0 aliphatic heterocycles. The van der Waals surface area contributed by atoms with Crippen molar-refractivity contribution in [2.75, 3.05) is 16.4 Å². The van der Waals surface area contributed by atoms with Crippen LogP contribution in [0.25, 0.3) is 0 Å². The number of anilines is 2. The summed E-state index contributed by atoms with van der Waals surface area (Å²) in [6, 6.07) is 13.2. The fourth-order valence-corrected chi connectivity index (χ4v) is 2.76. The van der Waals surface area contributed by atoms with E-state index in [0.717, 1.165) is 12.1 Å². The number of benzene rings is 2.